The molecule has 1 saturated heterocycles. The zero-order chi connectivity index (χ0) is 13.7. The van der Waals surface area contributed by atoms with Gasteiger partial charge >= 0.3 is 0 Å². The predicted octanol–water partition coefficient (Wildman–Crippen LogP) is 1.80. The van der Waals surface area contributed by atoms with Gasteiger partial charge in [-0.05, 0) is 53.9 Å². The minimum absolute atomic E-state index is 0.0914. The molecular weight excluding hydrogens is 242 g/mol. The van der Waals surface area contributed by atoms with E-state index < -0.39 is 10.4 Å². The van der Waals surface area contributed by atoms with Gasteiger partial charge in [-0.2, -0.15) is 0 Å². The number of piperidine rings is 1. The molecule has 104 valence electrons. The normalized spacial score (nSPS) is 22.5. The lowest BCUT2D eigenvalue weighted by Crippen LogP contribution is -2.55. The van der Waals surface area contributed by atoms with Crippen molar-refractivity contribution in [2.75, 3.05) is 6.61 Å². The Morgan fingerprint density at radius 1 is 1.18 bits per heavy atom. The standard InChI is InChI=1S/C9H19N.C2H6O4S/c1-8(2)6-5-7-9(3,4)10-8;1-2-6-7(3,4)5/h10H,5-7H2,1-4H3;2H2,1H3,(H,3,4,5)/p-1. The highest BCUT2D eigenvalue weighted by molar-refractivity contribution is 7.80. The van der Waals surface area contributed by atoms with Crippen molar-refractivity contribution < 1.29 is 17.2 Å². The predicted molar refractivity (Wildman–Crippen MR) is 66.5 cm³/mol. The van der Waals surface area contributed by atoms with E-state index in [1.54, 1.807) is 0 Å². The number of hydrogen-bond donors (Lipinski definition) is 1. The van der Waals surface area contributed by atoms with Crippen LogP contribution in [0.5, 0.6) is 0 Å². The van der Waals surface area contributed by atoms with Crippen LogP contribution < -0.4 is 5.32 Å². The van der Waals surface area contributed by atoms with Crippen molar-refractivity contribution in [2.45, 2.75) is 65.0 Å². The highest BCUT2D eigenvalue weighted by atomic mass is 32.3. The second-order valence-corrected chi connectivity index (χ2v) is 6.61. The molecule has 0 spiro atoms. The van der Waals surface area contributed by atoms with E-state index in [0.29, 0.717) is 11.1 Å². The summed E-state index contributed by atoms with van der Waals surface area (Å²) in [4.78, 5) is 0. The first-order chi connectivity index (χ1) is 7.47. The molecule has 6 heteroatoms. The molecule has 17 heavy (non-hydrogen) atoms. The lowest BCUT2D eigenvalue weighted by atomic mass is 9.83. The summed E-state index contributed by atoms with van der Waals surface area (Å²) in [5, 5.41) is 3.63. The van der Waals surface area contributed by atoms with Gasteiger partial charge in [-0.25, -0.2) is 8.42 Å². The summed E-state index contributed by atoms with van der Waals surface area (Å²) in [7, 11) is -4.42. The van der Waals surface area contributed by atoms with E-state index in [0.717, 1.165) is 0 Å². The van der Waals surface area contributed by atoms with Crippen LogP contribution in [0.15, 0.2) is 0 Å². The largest absolute Gasteiger partial charge is 0.726 e. The van der Waals surface area contributed by atoms with Gasteiger partial charge in [0.25, 0.3) is 0 Å². The first kappa shape index (κ1) is 16.8. The fourth-order valence-corrected chi connectivity index (χ4v) is 2.45. The molecular formula is C11H24NO4S-. The van der Waals surface area contributed by atoms with Crippen LogP contribution in [0.4, 0.5) is 0 Å². The van der Waals surface area contributed by atoms with Gasteiger partial charge in [0, 0.05) is 11.1 Å². The fourth-order valence-electron chi connectivity index (χ4n) is 2.16. The average Bonchev–Trinajstić information content (AvgIpc) is 1.96. The van der Waals surface area contributed by atoms with E-state index in [4.69, 9.17) is 0 Å². The third kappa shape index (κ3) is 9.52. The summed E-state index contributed by atoms with van der Waals surface area (Å²) >= 11 is 0. The minimum Gasteiger partial charge on any atom is -0.726 e. The third-order valence-electron chi connectivity index (χ3n) is 2.54. The Labute approximate surface area is 105 Å². The Morgan fingerprint density at radius 3 is 1.71 bits per heavy atom. The summed E-state index contributed by atoms with van der Waals surface area (Å²) in [6.45, 7) is 10.5. The maximum atomic E-state index is 9.45. The Hall–Kier alpha value is -0.170. The summed E-state index contributed by atoms with van der Waals surface area (Å²) in [6, 6.07) is 0. The zero-order valence-electron chi connectivity index (χ0n) is 11.4. The van der Waals surface area contributed by atoms with E-state index in [1.807, 2.05) is 0 Å². The van der Waals surface area contributed by atoms with Gasteiger partial charge in [-0.3, -0.25) is 4.18 Å². The first-order valence-electron chi connectivity index (χ1n) is 5.87. The van der Waals surface area contributed by atoms with Crippen molar-refractivity contribution in [3.05, 3.63) is 0 Å². The van der Waals surface area contributed by atoms with Crippen molar-refractivity contribution in [1.29, 1.82) is 0 Å². The number of hydrogen-bond acceptors (Lipinski definition) is 5. The molecule has 5 nitrogen and oxygen atoms in total. The third-order valence-corrected chi connectivity index (χ3v) is 3.07. The van der Waals surface area contributed by atoms with Crippen molar-refractivity contribution in [3.8, 4) is 0 Å². The van der Waals surface area contributed by atoms with Crippen molar-refractivity contribution >= 4 is 10.4 Å². The molecule has 1 aliphatic heterocycles. The SMILES string of the molecule is CC1(C)CCCC(C)(C)N1.CCOS(=O)(=O)[O-]. The molecule has 0 atom stereocenters. The second kappa shape index (κ2) is 6.13. The molecule has 0 aromatic carbocycles. The summed E-state index contributed by atoms with van der Waals surface area (Å²) < 4.78 is 32.0. The topological polar surface area (TPSA) is 78.5 Å². The van der Waals surface area contributed by atoms with Gasteiger partial charge in [0.15, 0.2) is 0 Å². The van der Waals surface area contributed by atoms with Crippen LogP contribution in [-0.4, -0.2) is 30.7 Å². The smallest absolute Gasteiger partial charge is 0.217 e. The van der Waals surface area contributed by atoms with E-state index in [9.17, 15) is 13.0 Å². The quantitative estimate of drug-likeness (QED) is 0.609. The molecule has 1 rings (SSSR count). The van der Waals surface area contributed by atoms with Gasteiger partial charge in [-0.1, -0.05) is 0 Å². The summed E-state index contributed by atoms with van der Waals surface area (Å²) in [5.41, 5.74) is 0.726. The van der Waals surface area contributed by atoms with Gasteiger partial charge in [0.2, 0.25) is 10.4 Å². The summed E-state index contributed by atoms with van der Waals surface area (Å²) in [6.07, 6.45) is 4.00. The van der Waals surface area contributed by atoms with Crippen LogP contribution in [0.3, 0.4) is 0 Å². The van der Waals surface area contributed by atoms with Crippen molar-refractivity contribution in [3.63, 3.8) is 0 Å². The summed E-state index contributed by atoms with van der Waals surface area (Å²) in [5.74, 6) is 0. The Kier molecular flexibility index (Phi) is 6.07. The van der Waals surface area contributed by atoms with E-state index in [1.165, 1.54) is 26.2 Å². The highest BCUT2D eigenvalue weighted by Crippen LogP contribution is 2.27. The van der Waals surface area contributed by atoms with E-state index in [-0.39, 0.29) is 6.61 Å². The van der Waals surface area contributed by atoms with Gasteiger partial charge in [0.05, 0.1) is 6.61 Å². The Morgan fingerprint density at radius 2 is 1.59 bits per heavy atom. The van der Waals surface area contributed by atoms with Gasteiger partial charge in [0.1, 0.15) is 0 Å². The molecule has 0 bridgehead atoms. The molecule has 0 saturated carbocycles. The zero-order valence-corrected chi connectivity index (χ0v) is 12.2. The molecule has 0 radical (unpaired) electrons. The number of rotatable bonds is 2. The van der Waals surface area contributed by atoms with Crippen LogP contribution >= 0.6 is 0 Å². The van der Waals surface area contributed by atoms with E-state index in [2.05, 4.69) is 37.2 Å². The van der Waals surface area contributed by atoms with Crippen LogP contribution in [0.1, 0.15) is 53.9 Å². The molecule has 1 fully saturated rings. The Balaban J connectivity index is 0.000000325. The minimum atomic E-state index is -4.42. The average molecular weight is 266 g/mol. The molecule has 0 aromatic rings. The van der Waals surface area contributed by atoms with Crippen LogP contribution in [0, 0.1) is 0 Å². The lowest BCUT2D eigenvalue weighted by Gasteiger charge is -2.42. The fraction of sp³-hybridized carbons (Fsp3) is 1.00. The molecule has 0 aliphatic carbocycles. The molecule has 0 amide bonds. The number of nitrogens with one attached hydrogen (secondary N) is 1. The first-order valence-corrected chi connectivity index (χ1v) is 7.20. The van der Waals surface area contributed by atoms with Crippen LogP contribution in [0.25, 0.3) is 0 Å². The van der Waals surface area contributed by atoms with Gasteiger partial charge in [-0.15, -0.1) is 0 Å². The lowest BCUT2D eigenvalue weighted by molar-refractivity contribution is 0.183. The van der Waals surface area contributed by atoms with Gasteiger partial charge < -0.3 is 9.87 Å². The second-order valence-electron chi connectivity index (χ2n) is 5.56. The van der Waals surface area contributed by atoms with Crippen molar-refractivity contribution in [1.82, 2.24) is 5.32 Å². The Bertz CT molecular complexity index is 308. The van der Waals surface area contributed by atoms with Crippen LogP contribution in [0.2, 0.25) is 0 Å². The highest BCUT2D eigenvalue weighted by Gasteiger charge is 2.31. The maximum absolute atomic E-state index is 9.45. The molecule has 1 N–H and O–H groups in total. The monoisotopic (exact) mass is 266 g/mol. The molecule has 1 heterocycles. The van der Waals surface area contributed by atoms with E-state index >= 15 is 0 Å². The molecule has 0 unspecified atom stereocenters. The maximum Gasteiger partial charge on any atom is 0.217 e. The molecule has 0 aromatic heterocycles. The molecule has 1 aliphatic rings. The van der Waals surface area contributed by atoms with Crippen molar-refractivity contribution in [2.24, 2.45) is 0 Å². The van der Waals surface area contributed by atoms with Crippen LogP contribution in [-0.2, 0) is 14.6 Å².